The number of carbonyl (C=O) groups is 1. The standard InChI is InChI=1S/C31H35N5O5S/c1-24-8-10-26(11-9-24)36-22-29(25-6-4-3-5-7-25)32-31(36)33-30(37)23-35(17-16-34-18-20-41-21-19-34)42(38,39)28-14-12-27(40-2)13-15-28/h3-15,22H,16-21,23H2,1-2H3,(H,32,33,37). The van der Waals surface area contributed by atoms with Crippen LogP contribution in [-0.4, -0.2) is 86.1 Å². The number of methoxy groups -OCH3 is 1. The van der Waals surface area contributed by atoms with E-state index >= 15 is 0 Å². The topological polar surface area (TPSA) is 106 Å². The normalized spacial score (nSPS) is 14.2. The summed E-state index contributed by atoms with van der Waals surface area (Å²) in [4.78, 5) is 20.4. The first kappa shape index (κ1) is 29.5. The molecule has 1 amide bonds. The lowest BCUT2D eigenvalue weighted by molar-refractivity contribution is -0.116. The molecule has 1 fully saturated rings. The van der Waals surface area contributed by atoms with Gasteiger partial charge in [-0.1, -0.05) is 48.0 Å². The first-order valence-electron chi connectivity index (χ1n) is 13.8. The maximum absolute atomic E-state index is 13.7. The summed E-state index contributed by atoms with van der Waals surface area (Å²) in [6.45, 7) is 4.85. The van der Waals surface area contributed by atoms with Crippen molar-refractivity contribution in [3.8, 4) is 22.7 Å². The van der Waals surface area contributed by atoms with Crippen LogP contribution in [0.3, 0.4) is 0 Å². The van der Waals surface area contributed by atoms with E-state index in [1.807, 2.05) is 67.7 Å². The van der Waals surface area contributed by atoms with E-state index < -0.39 is 15.9 Å². The summed E-state index contributed by atoms with van der Waals surface area (Å²) < 4.78 is 41.1. The minimum atomic E-state index is -3.99. The molecule has 0 spiro atoms. The number of rotatable bonds is 11. The molecule has 0 saturated carbocycles. The molecule has 2 heterocycles. The van der Waals surface area contributed by atoms with Gasteiger partial charge in [-0.05, 0) is 43.3 Å². The Morgan fingerprint density at radius 1 is 1.00 bits per heavy atom. The molecule has 0 radical (unpaired) electrons. The molecule has 10 nitrogen and oxygen atoms in total. The number of aryl methyl sites for hydroxylation is 1. The Hall–Kier alpha value is -4.03. The van der Waals surface area contributed by atoms with Crippen molar-refractivity contribution in [1.29, 1.82) is 0 Å². The highest BCUT2D eigenvalue weighted by molar-refractivity contribution is 7.89. The quantitative estimate of drug-likeness (QED) is 0.284. The third kappa shape index (κ3) is 7.05. The molecule has 0 atom stereocenters. The molecule has 220 valence electrons. The van der Waals surface area contributed by atoms with Gasteiger partial charge in [-0.2, -0.15) is 4.31 Å². The predicted molar refractivity (Wildman–Crippen MR) is 161 cm³/mol. The summed E-state index contributed by atoms with van der Waals surface area (Å²) in [5, 5.41) is 2.88. The fourth-order valence-corrected chi connectivity index (χ4v) is 6.09. The molecule has 1 aliphatic heterocycles. The lowest BCUT2D eigenvalue weighted by Crippen LogP contribution is -2.45. The van der Waals surface area contributed by atoms with Gasteiger partial charge >= 0.3 is 0 Å². The minimum absolute atomic E-state index is 0.0885. The van der Waals surface area contributed by atoms with E-state index in [4.69, 9.17) is 14.5 Å². The summed E-state index contributed by atoms with van der Waals surface area (Å²) in [5.74, 6) is 0.356. The Bertz CT molecular complexity index is 1580. The van der Waals surface area contributed by atoms with Crippen molar-refractivity contribution in [3.63, 3.8) is 0 Å². The molecule has 42 heavy (non-hydrogen) atoms. The van der Waals surface area contributed by atoms with E-state index in [9.17, 15) is 13.2 Å². The number of amides is 1. The summed E-state index contributed by atoms with van der Waals surface area (Å²) in [6, 6.07) is 23.7. The van der Waals surface area contributed by atoms with Crippen LogP contribution in [0.4, 0.5) is 5.95 Å². The van der Waals surface area contributed by atoms with Crippen LogP contribution in [0.2, 0.25) is 0 Å². The summed E-state index contributed by atoms with van der Waals surface area (Å²) in [5.41, 5.74) is 3.50. The first-order valence-corrected chi connectivity index (χ1v) is 15.2. The molecule has 1 aliphatic rings. The third-order valence-electron chi connectivity index (χ3n) is 7.13. The van der Waals surface area contributed by atoms with E-state index in [1.165, 1.54) is 23.5 Å². The number of morpholine rings is 1. The zero-order valence-electron chi connectivity index (χ0n) is 23.8. The van der Waals surface area contributed by atoms with Gasteiger partial charge in [0.1, 0.15) is 5.75 Å². The van der Waals surface area contributed by atoms with Crippen molar-refractivity contribution >= 4 is 21.9 Å². The highest BCUT2D eigenvalue weighted by Gasteiger charge is 2.28. The van der Waals surface area contributed by atoms with Gasteiger partial charge in [0.15, 0.2) is 0 Å². The fourth-order valence-electron chi connectivity index (χ4n) is 4.70. The van der Waals surface area contributed by atoms with Gasteiger partial charge in [0.25, 0.3) is 0 Å². The van der Waals surface area contributed by atoms with Gasteiger partial charge in [-0.25, -0.2) is 13.4 Å². The van der Waals surface area contributed by atoms with Crippen molar-refractivity contribution in [1.82, 2.24) is 18.8 Å². The lowest BCUT2D eigenvalue weighted by Gasteiger charge is -2.29. The maximum atomic E-state index is 13.7. The average molecular weight is 590 g/mol. The van der Waals surface area contributed by atoms with Crippen LogP contribution < -0.4 is 10.1 Å². The summed E-state index contributed by atoms with van der Waals surface area (Å²) in [6.07, 6.45) is 1.86. The van der Waals surface area contributed by atoms with E-state index in [-0.39, 0.29) is 18.0 Å². The van der Waals surface area contributed by atoms with E-state index in [1.54, 1.807) is 16.7 Å². The van der Waals surface area contributed by atoms with Crippen molar-refractivity contribution in [2.24, 2.45) is 0 Å². The monoisotopic (exact) mass is 589 g/mol. The highest BCUT2D eigenvalue weighted by atomic mass is 32.2. The fraction of sp³-hybridized carbons (Fsp3) is 0.290. The van der Waals surface area contributed by atoms with Crippen molar-refractivity contribution in [2.75, 3.05) is 58.4 Å². The molecule has 1 saturated heterocycles. The molecule has 3 aromatic carbocycles. The number of hydrogen-bond acceptors (Lipinski definition) is 7. The van der Waals surface area contributed by atoms with Crippen molar-refractivity contribution in [2.45, 2.75) is 11.8 Å². The Kier molecular flexibility index (Phi) is 9.33. The van der Waals surface area contributed by atoms with E-state index in [2.05, 4.69) is 10.2 Å². The van der Waals surface area contributed by atoms with Crippen LogP contribution in [0.1, 0.15) is 5.56 Å². The number of benzene rings is 3. The minimum Gasteiger partial charge on any atom is -0.497 e. The number of hydrogen-bond donors (Lipinski definition) is 1. The number of aromatic nitrogens is 2. The smallest absolute Gasteiger partial charge is 0.243 e. The molecule has 1 N–H and O–H groups in total. The lowest BCUT2D eigenvalue weighted by atomic mass is 10.2. The number of nitrogens with one attached hydrogen (secondary N) is 1. The van der Waals surface area contributed by atoms with E-state index in [0.29, 0.717) is 50.2 Å². The van der Waals surface area contributed by atoms with Crippen LogP contribution in [-0.2, 0) is 19.6 Å². The zero-order valence-corrected chi connectivity index (χ0v) is 24.6. The molecule has 5 rings (SSSR count). The van der Waals surface area contributed by atoms with Gasteiger partial charge in [0.05, 0.1) is 37.5 Å². The maximum Gasteiger partial charge on any atom is 0.243 e. The van der Waals surface area contributed by atoms with Crippen molar-refractivity contribution < 1.29 is 22.7 Å². The SMILES string of the molecule is COc1ccc(S(=O)(=O)N(CCN2CCOCC2)CC(=O)Nc2nc(-c3ccccc3)cn2-c2ccc(C)cc2)cc1. The highest BCUT2D eigenvalue weighted by Crippen LogP contribution is 2.25. The predicted octanol–water partition coefficient (Wildman–Crippen LogP) is 3.82. The molecule has 0 bridgehead atoms. The summed E-state index contributed by atoms with van der Waals surface area (Å²) >= 11 is 0. The Morgan fingerprint density at radius 3 is 2.36 bits per heavy atom. The number of sulfonamides is 1. The largest absolute Gasteiger partial charge is 0.497 e. The average Bonchev–Trinajstić information content (AvgIpc) is 3.44. The zero-order chi connectivity index (χ0) is 29.5. The van der Waals surface area contributed by atoms with Gasteiger partial charge in [-0.3, -0.25) is 19.6 Å². The molecular weight excluding hydrogens is 554 g/mol. The third-order valence-corrected chi connectivity index (χ3v) is 8.98. The Balaban J connectivity index is 1.41. The number of nitrogens with zero attached hydrogens (tertiary/aromatic N) is 4. The number of carbonyl (C=O) groups excluding carboxylic acids is 1. The van der Waals surface area contributed by atoms with Gasteiger partial charge in [0.2, 0.25) is 21.9 Å². The van der Waals surface area contributed by atoms with E-state index in [0.717, 1.165) is 16.8 Å². The second-order valence-electron chi connectivity index (χ2n) is 10.0. The van der Waals surface area contributed by atoms with Gasteiger partial charge < -0.3 is 9.47 Å². The molecule has 1 aromatic heterocycles. The Morgan fingerprint density at radius 2 is 1.69 bits per heavy atom. The first-order chi connectivity index (χ1) is 20.3. The van der Waals surface area contributed by atoms with Gasteiger partial charge in [0, 0.05) is 43.6 Å². The molecule has 4 aromatic rings. The second kappa shape index (κ2) is 13.3. The molecule has 11 heteroatoms. The number of imidazole rings is 1. The van der Waals surface area contributed by atoms with Crippen molar-refractivity contribution in [3.05, 3.63) is 90.6 Å². The molecular formula is C31H35N5O5S. The van der Waals surface area contributed by atoms with Crippen LogP contribution in [0, 0.1) is 6.92 Å². The molecule has 0 unspecified atom stereocenters. The molecule has 0 aliphatic carbocycles. The number of ether oxygens (including phenoxy) is 2. The van der Waals surface area contributed by atoms with Crippen LogP contribution in [0.25, 0.3) is 16.9 Å². The number of anilines is 1. The van der Waals surface area contributed by atoms with Crippen LogP contribution in [0.15, 0.2) is 90.0 Å². The van der Waals surface area contributed by atoms with Crippen LogP contribution in [0.5, 0.6) is 5.75 Å². The Labute approximate surface area is 246 Å². The second-order valence-corrected chi connectivity index (χ2v) is 12.0. The van der Waals surface area contributed by atoms with Crippen LogP contribution >= 0.6 is 0 Å². The van der Waals surface area contributed by atoms with Gasteiger partial charge in [-0.15, -0.1) is 0 Å². The summed E-state index contributed by atoms with van der Waals surface area (Å²) in [7, 11) is -2.47.